The predicted octanol–water partition coefficient (Wildman–Crippen LogP) is 3.39. The van der Waals surface area contributed by atoms with Crippen molar-refractivity contribution in [3.05, 3.63) is 38.4 Å². The molecule has 3 nitrogen and oxygen atoms in total. The van der Waals surface area contributed by atoms with Gasteiger partial charge in [-0.05, 0) is 47.7 Å². The largest absolute Gasteiger partial charge is 0.478 e. The highest BCUT2D eigenvalue weighted by Gasteiger charge is 2.01. The molecule has 0 saturated heterocycles. The Morgan fingerprint density at radius 3 is 2.88 bits per heavy atom. The Hall–Kier alpha value is -0.750. The Kier molecular flexibility index (Phi) is 5.08. The predicted molar refractivity (Wildman–Crippen MR) is 74.1 cm³/mol. The van der Waals surface area contributed by atoms with Crippen molar-refractivity contribution in [2.45, 2.75) is 6.92 Å². The van der Waals surface area contributed by atoms with Crippen LogP contribution in [-0.2, 0) is 4.79 Å². The highest BCUT2D eigenvalue weighted by atomic mass is 127. The van der Waals surface area contributed by atoms with Gasteiger partial charge in [-0.1, -0.05) is 17.7 Å². The fourth-order valence-corrected chi connectivity index (χ4v) is 1.96. The van der Waals surface area contributed by atoms with Crippen LogP contribution in [0.15, 0.2) is 29.8 Å². The van der Waals surface area contributed by atoms with Crippen LogP contribution in [0.3, 0.4) is 0 Å². The summed E-state index contributed by atoms with van der Waals surface area (Å²) in [5.74, 6) is -0.907. The van der Waals surface area contributed by atoms with Crippen LogP contribution in [0, 0.1) is 3.57 Å². The van der Waals surface area contributed by atoms with E-state index in [1.165, 1.54) is 0 Å². The van der Waals surface area contributed by atoms with E-state index in [1.807, 2.05) is 18.2 Å². The maximum atomic E-state index is 10.5. The summed E-state index contributed by atoms with van der Waals surface area (Å²) >= 11 is 8.18. The van der Waals surface area contributed by atoms with Crippen LogP contribution in [-0.4, -0.2) is 17.6 Å². The lowest BCUT2D eigenvalue weighted by Gasteiger charge is -2.06. The number of carbonyl (C=O) groups is 1. The van der Waals surface area contributed by atoms with E-state index in [0.717, 1.165) is 9.26 Å². The van der Waals surface area contributed by atoms with Crippen molar-refractivity contribution in [3.63, 3.8) is 0 Å². The second kappa shape index (κ2) is 6.10. The standard InChI is InChI=1S/C11H11ClINO2/c1-7(11(15)16)4-5-14-10-3-2-8(13)6-9(10)12/h2-4,6,14H,5H2,1H3,(H,15,16)/b7-4-. The second-order valence-corrected chi connectivity index (χ2v) is 4.85. The number of carboxylic acid groups (broad SMARTS) is 1. The molecule has 2 N–H and O–H groups in total. The molecule has 1 aromatic rings. The molecule has 0 atom stereocenters. The van der Waals surface area contributed by atoms with E-state index in [-0.39, 0.29) is 0 Å². The van der Waals surface area contributed by atoms with Crippen LogP contribution >= 0.6 is 34.2 Å². The molecule has 1 aromatic carbocycles. The molecule has 0 fully saturated rings. The molecule has 1 rings (SSSR count). The number of rotatable bonds is 4. The van der Waals surface area contributed by atoms with Gasteiger partial charge in [0.25, 0.3) is 0 Å². The molecule has 0 spiro atoms. The lowest BCUT2D eigenvalue weighted by atomic mass is 10.2. The summed E-state index contributed by atoms with van der Waals surface area (Å²) in [4.78, 5) is 10.5. The molecule has 0 aliphatic rings. The molecule has 5 heteroatoms. The maximum Gasteiger partial charge on any atom is 0.331 e. The second-order valence-electron chi connectivity index (χ2n) is 3.20. The van der Waals surface area contributed by atoms with Crippen molar-refractivity contribution in [3.8, 4) is 0 Å². The van der Waals surface area contributed by atoms with E-state index in [2.05, 4.69) is 27.9 Å². The summed E-state index contributed by atoms with van der Waals surface area (Å²) in [6, 6.07) is 5.65. The van der Waals surface area contributed by atoms with Gasteiger partial charge in [-0.2, -0.15) is 0 Å². The molecule has 0 amide bonds. The number of aliphatic carboxylic acids is 1. The van der Waals surface area contributed by atoms with Gasteiger partial charge in [-0.3, -0.25) is 0 Å². The third kappa shape index (κ3) is 4.02. The van der Waals surface area contributed by atoms with E-state index in [4.69, 9.17) is 16.7 Å². The summed E-state index contributed by atoms with van der Waals surface area (Å²) in [5, 5.41) is 12.3. The summed E-state index contributed by atoms with van der Waals surface area (Å²) < 4.78 is 1.06. The van der Waals surface area contributed by atoms with Gasteiger partial charge in [-0.15, -0.1) is 0 Å². The molecule has 16 heavy (non-hydrogen) atoms. The van der Waals surface area contributed by atoms with Crippen LogP contribution in [0.1, 0.15) is 6.92 Å². The van der Waals surface area contributed by atoms with Gasteiger partial charge in [0.2, 0.25) is 0 Å². The number of carboxylic acids is 1. The zero-order chi connectivity index (χ0) is 12.1. The number of nitrogens with one attached hydrogen (secondary N) is 1. The Morgan fingerprint density at radius 1 is 1.62 bits per heavy atom. The Morgan fingerprint density at radius 2 is 2.31 bits per heavy atom. The van der Waals surface area contributed by atoms with E-state index in [0.29, 0.717) is 17.1 Å². The average Bonchev–Trinajstić information content (AvgIpc) is 2.20. The Labute approximate surface area is 113 Å². The Bertz CT molecular complexity index is 432. The minimum atomic E-state index is -0.907. The van der Waals surface area contributed by atoms with E-state index in [1.54, 1.807) is 13.0 Å². The molecule has 0 bridgehead atoms. The normalized spacial score (nSPS) is 11.3. The summed E-state index contributed by atoms with van der Waals surface area (Å²) in [7, 11) is 0. The molecule has 0 unspecified atom stereocenters. The van der Waals surface area contributed by atoms with Crippen molar-refractivity contribution >= 4 is 45.8 Å². The molecular weight excluding hydrogens is 340 g/mol. The molecular formula is C11H11ClINO2. The fourth-order valence-electron chi connectivity index (χ4n) is 1.03. The first-order chi connectivity index (χ1) is 7.50. The SMILES string of the molecule is C/C(=C/CNc1ccc(I)cc1Cl)C(=O)O. The van der Waals surface area contributed by atoms with Crippen molar-refractivity contribution in [1.82, 2.24) is 0 Å². The quantitative estimate of drug-likeness (QED) is 0.646. The van der Waals surface area contributed by atoms with Gasteiger partial charge in [0.05, 0.1) is 10.7 Å². The van der Waals surface area contributed by atoms with Crippen LogP contribution in [0.25, 0.3) is 0 Å². The third-order valence-corrected chi connectivity index (χ3v) is 2.95. The smallest absolute Gasteiger partial charge is 0.331 e. The van der Waals surface area contributed by atoms with Crippen LogP contribution in [0.2, 0.25) is 5.02 Å². The van der Waals surface area contributed by atoms with Gasteiger partial charge >= 0.3 is 5.97 Å². The number of benzene rings is 1. The van der Waals surface area contributed by atoms with Gasteiger partial charge in [-0.25, -0.2) is 4.79 Å². The van der Waals surface area contributed by atoms with Crippen molar-refractivity contribution in [2.75, 3.05) is 11.9 Å². The minimum Gasteiger partial charge on any atom is -0.478 e. The lowest BCUT2D eigenvalue weighted by Crippen LogP contribution is -2.03. The Balaban J connectivity index is 2.62. The van der Waals surface area contributed by atoms with Gasteiger partial charge in [0.1, 0.15) is 0 Å². The van der Waals surface area contributed by atoms with E-state index >= 15 is 0 Å². The fraction of sp³-hybridized carbons (Fsp3) is 0.182. The topological polar surface area (TPSA) is 49.3 Å². The monoisotopic (exact) mass is 351 g/mol. The molecule has 0 aromatic heterocycles. The van der Waals surface area contributed by atoms with Crippen molar-refractivity contribution in [2.24, 2.45) is 0 Å². The number of hydrogen-bond donors (Lipinski definition) is 2. The molecule has 0 radical (unpaired) electrons. The van der Waals surface area contributed by atoms with E-state index < -0.39 is 5.97 Å². The first kappa shape index (κ1) is 13.3. The van der Waals surface area contributed by atoms with Crippen molar-refractivity contribution < 1.29 is 9.90 Å². The zero-order valence-electron chi connectivity index (χ0n) is 8.63. The van der Waals surface area contributed by atoms with Crippen LogP contribution in [0.4, 0.5) is 5.69 Å². The number of halogens is 2. The van der Waals surface area contributed by atoms with E-state index in [9.17, 15) is 4.79 Å². The zero-order valence-corrected chi connectivity index (χ0v) is 11.5. The van der Waals surface area contributed by atoms with Crippen LogP contribution < -0.4 is 5.32 Å². The van der Waals surface area contributed by atoms with Gasteiger partial charge < -0.3 is 10.4 Å². The molecule has 0 heterocycles. The molecule has 0 saturated carbocycles. The number of hydrogen-bond acceptors (Lipinski definition) is 2. The van der Waals surface area contributed by atoms with Crippen LogP contribution in [0.5, 0.6) is 0 Å². The molecule has 0 aliphatic carbocycles. The maximum absolute atomic E-state index is 10.5. The summed E-state index contributed by atoms with van der Waals surface area (Å²) in [5.41, 5.74) is 1.12. The molecule has 86 valence electrons. The third-order valence-electron chi connectivity index (χ3n) is 1.97. The highest BCUT2D eigenvalue weighted by Crippen LogP contribution is 2.23. The highest BCUT2D eigenvalue weighted by molar-refractivity contribution is 14.1. The van der Waals surface area contributed by atoms with Gasteiger partial charge in [0, 0.05) is 15.7 Å². The lowest BCUT2D eigenvalue weighted by molar-refractivity contribution is -0.132. The molecule has 0 aliphatic heterocycles. The number of anilines is 1. The average molecular weight is 352 g/mol. The minimum absolute atomic E-state index is 0.314. The van der Waals surface area contributed by atoms with Gasteiger partial charge in [0.15, 0.2) is 0 Å². The van der Waals surface area contributed by atoms with Crippen molar-refractivity contribution in [1.29, 1.82) is 0 Å². The summed E-state index contributed by atoms with van der Waals surface area (Å²) in [6.07, 6.45) is 1.61. The first-order valence-electron chi connectivity index (χ1n) is 4.59. The first-order valence-corrected chi connectivity index (χ1v) is 6.05. The summed E-state index contributed by atoms with van der Waals surface area (Å²) in [6.45, 7) is 2.00.